The second-order valence-corrected chi connectivity index (χ2v) is 14.4. The molecule has 1 aromatic rings. The number of hydrogen-bond acceptors (Lipinski definition) is 13. The van der Waals surface area contributed by atoms with Crippen LogP contribution in [-0.4, -0.2) is 87.6 Å². The third-order valence-electron chi connectivity index (χ3n) is 10.8. The number of methoxy groups -OCH3 is 1. The molecule has 0 saturated heterocycles. The molecule has 0 aromatic heterocycles. The lowest BCUT2D eigenvalue weighted by atomic mass is 9.79. The first-order chi connectivity index (χ1) is 23.8. The first kappa shape index (κ1) is 37.8. The maximum absolute atomic E-state index is 13.9. The minimum Gasteiger partial charge on any atom is -0.507 e. The van der Waals surface area contributed by atoms with Crippen LogP contribution in [0.1, 0.15) is 91.0 Å². The number of amides is 1. The lowest BCUT2D eigenvalue weighted by molar-refractivity contribution is -0.160. The average molecular weight is 712 g/mol. The molecule has 51 heavy (non-hydrogen) atoms. The summed E-state index contributed by atoms with van der Waals surface area (Å²) in [5.74, 6) is -11.0. The Morgan fingerprint density at radius 3 is 2.27 bits per heavy atom. The summed E-state index contributed by atoms with van der Waals surface area (Å²) >= 11 is 0. The van der Waals surface area contributed by atoms with E-state index in [1.807, 2.05) is 0 Å². The maximum Gasteiger partial charge on any atom is 0.312 e. The molecule has 3 heterocycles. The molecule has 2 aliphatic carbocycles. The van der Waals surface area contributed by atoms with E-state index in [1.165, 1.54) is 40.9 Å². The van der Waals surface area contributed by atoms with E-state index in [0.717, 1.165) is 12.3 Å². The van der Waals surface area contributed by atoms with Crippen LogP contribution in [0.5, 0.6) is 11.5 Å². The first-order valence-corrected chi connectivity index (χ1v) is 17.0. The molecular formula is C37H45NO13. The van der Waals surface area contributed by atoms with Crippen LogP contribution in [0.15, 0.2) is 24.1 Å². The molecule has 5 bridgehead atoms. The number of ketones is 4. The Balaban J connectivity index is 1.56. The van der Waals surface area contributed by atoms with E-state index in [4.69, 9.17) is 18.9 Å². The van der Waals surface area contributed by atoms with Crippen LogP contribution in [0.2, 0.25) is 0 Å². The number of esters is 1. The number of Topliss-reactive ketones (excluding diaryl/α,β-unsaturated/α-hetero) is 3. The van der Waals surface area contributed by atoms with Crippen molar-refractivity contribution in [3.8, 4) is 11.5 Å². The van der Waals surface area contributed by atoms with Gasteiger partial charge in [0, 0.05) is 68.6 Å². The van der Waals surface area contributed by atoms with Crippen molar-refractivity contribution >= 4 is 35.0 Å². The Morgan fingerprint density at radius 2 is 1.65 bits per heavy atom. The number of fused-ring (bicyclic) bond motifs is 13. The fourth-order valence-corrected chi connectivity index (χ4v) is 7.51. The van der Waals surface area contributed by atoms with Gasteiger partial charge in [-0.15, -0.1) is 0 Å². The summed E-state index contributed by atoms with van der Waals surface area (Å²) < 4.78 is 23.1. The number of aliphatic hydroxyl groups excluding tert-OH is 2. The highest BCUT2D eigenvalue weighted by Gasteiger charge is 2.53. The number of aliphatic hydroxyl groups is 2. The number of nitrogens with one attached hydrogen (secondary N) is 1. The minimum atomic E-state index is -2.05. The summed E-state index contributed by atoms with van der Waals surface area (Å²) in [7, 11) is 1.41. The summed E-state index contributed by atoms with van der Waals surface area (Å²) in [6.45, 7) is 10.5. The highest BCUT2D eigenvalue weighted by atomic mass is 16.7. The molecule has 4 N–H and O–H groups in total. The van der Waals surface area contributed by atoms with Gasteiger partial charge in [-0.2, -0.15) is 0 Å². The summed E-state index contributed by atoms with van der Waals surface area (Å²) in [6, 6.07) is 0. The van der Waals surface area contributed by atoms with Gasteiger partial charge in [-0.3, -0.25) is 28.8 Å². The smallest absolute Gasteiger partial charge is 0.312 e. The largest absolute Gasteiger partial charge is 0.507 e. The third kappa shape index (κ3) is 6.72. The van der Waals surface area contributed by atoms with Crippen molar-refractivity contribution in [3.63, 3.8) is 0 Å². The number of phenolic OH excluding ortho intramolecular Hbond substituents is 1. The van der Waals surface area contributed by atoms with Gasteiger partial charge in [0.2, 0.25) is 11.7 Å². The van der Waals surface area contributed by atoms with Crippen LogP contribution >= 0.6 is 0 Å². The number of rotatable bonds is 2. The standard InChI is InChI=1S/C37H45NO13/c1-14-11-23(40)20-12-21(20)30(43)16(3)29(42)17(4)33(50-19(6)39)15(2)25(48-8)9-10-49-37(7)35(46)28-26-24(41)13-22(38-36(14)47)32(45)27(26)31(44)18(5)34(28)51-37/h9-10,13-17,20-21,25,29-30,33,42-44H,11-12H2,1-8H3,(H,38,47)/b10-9+/t14?,15-,16+,17-,20-,21+,25+,29-,30-,33-,37+/m1/s1. The van der Waals surface area contributed by atoms with Crippen LogP contribution in [0.25, 0.3) is 0 Å². The quantitative estimate of drug-likeness (QED) is 0.326. The van der Waals surface area contributed by atoms with Gasteiger partial charge in [0.25, 0.3) is 5.78 Å². The third-order valence-corrected chi connectivity index (χ3v) is 10.8. The monoisotopic (exact) mass is 711 g/mol. The lowest BCUT2D eigenvalue weighted by Gasteiger charge is -2.37. The molecule has 1 saturated carbocycles. The SMILES string of the molecule is CO[C@H]1/C=C/O[C@@]2(C)Oc3c(C)c(O)c4c(c3C2=O)C(=O)C=C(NC(=O)C(C)CC(=O)[C@@H]2C[C@@H]2[C@H](O)[C@@H](C)[C@@H](O)[C@@H](C)[C@H](OC(C)=O)[C@@H]1C)C4=O. The van der Waals surface area contributed by atoms with E-state index in [2.05, 4.69) is 5.32 Å². The average Bonchev–Trinajstić information content (AvgIpc) is 3.84. The molecule has 0 radical (unpaired) electrons. The molecule has 0 spiro atoms. The van der Waals surface area contributed by atoms with Gasteiger partial charge in [0.15, 0.2) is 5.78 Å². The number of carbonyl (C=O) groups excluding carboxylic acids is 6. The molecule has 5 aliphatic rings. The summed E-state index contributed by atoms with van der Waals surface area (Å²) in [6.07, 6.45) is -0.403. The zero-order chi connectivity index (χ0) is 37.9. The first-order valence-electron chi connectivity index (χ1n) is 17.0. The number of aromatic hydroxyl groups is 1. The Kier molecular flexibility index (Phi) is 10.4. The molecule has 14 nitrogen and oxygen atoms in total. The van der Waals surface area contributed by atoms with Crippen LogP contribution in [-0.2, 0) is 28.6 Å². The molecule has 1 amide bonds. The van der Waals surface area contributed by atoms with Gasteiger partial charge in [-0.25, -0.2) is 0 Å². The van der Waals surface area contributed by atoms with E-state index in [9.17, 15) is 44.1 Å². The van der Waals surface area contributed by atoms with Crippen molar-refractivity contribution in [1.82, 2.24) is 5.32 Å². The summed E-state index contributed by atoms with van der Waals surface area (Å²) in [5.41, 5.74) is -1.59. The van der Waals surface area contributed by atoms with Gasteiger partial charge >= 0.3 is 11.8 Å². The molecule has 11 atom stereocenters. The molecular weight excluding hydrogens is 666 g/mol. The predicted molar refractivity (Wildman–Crippen MR) is 178 cm³/mol. The normalized spacial score (nSPS) is 36.4. The number of benzene rings is 1. The van der Waals surface area contributed by atoms with Crippen molar-refractivity contribution in [1.29, 1.82) is 0 Å². The van der Waals surface area contributed by atoms with Gasteiger partial charge in [0.05, 0.1) is 47.0 Å². The van der Waals surface area contributed by atoms with Gasteiger partial charge in [-0.1, -0.05) is 27.7 Å². The van der Waals surface area contributed by atoms with Crippen molar-refractivity contribution in [2.75, 3.05) is 7.11 Å². The van der Waals surface area contributed by atoms with Crippen LogP contribution in [0.4, 0.5) is 0 Å². The maximum atomic E-state index is 13.9. The summed E-state index contributed by atoms with van der Waals surface area (Å²) in [5, 5.41) is 36.2. The fraction of sp³-hybridized carbons (Fsp3) is 0.568. The van der Waals surface area contributed by atoms with Gasteiger partial charge in [-0.05, 0) is 25.3 Å². The Morgan fingerprint density at radius 1 is 0.980 bits per heavy atom. The number of hydrogen-bond donors (Lipinski definition) is 4. The lowest BCUT2D eigenvalue weighted by Crippen LogP contribution is -2.46. The second kappa shape index (κ2) is 14.0. The topological polar surface area (TPSA) is 212 Å². The molecule has 6 rings (SSSR count). The van der Waals surface area contributed by atoms with E-state index in [0.29, 0.717) is 6.42 Å². The van der Waals surface area contributed by atoms with Crippen molar-refractivity contribution in [3.05, 3.63) is 46.4 Å². The molecule has 1 unspecified atom stereocenters. The number of allylic oxidation sites excluding steroid dienone is 2. The van der Waals surface area contributed by atoms with Crippen LogP contribution in [0.3, 0.4) is 0 Å². The van der Waals surface area contributed by atoms with E-state index < -0.39 is 118 Å². The van der Waals surface area contributed by atoms with Gasteiger partial charge in [0.1, 0.15) is 23.4 Å². The predicted octanol–water partition coefficient (Wildman–Crippen LogP) is 2.72. The fourth-order valence-electron chi connectivity index (χ4n) is 7.51. The van der Waals surface area contributed by atoms with E-state index >= 15 is 0 Å². The highest BCUT2D eigenvalue weighted by molar-refractivity contribution is 6.30. The molecule has 1 aromatic carbocycles. The number of phenols is 1. The van der Waals surface area contributed by atoms with Crippen LogP contribution in [0, 0.1) is 42.4 Å². The molecule has 1 fully saturated rings. The molecule has 276 valence electrons. The second-order valence-electron chi connectivity index (χ2n) is 14.4. The van der Waals surface area contributed by atoms with E-state index in [-0.39, 0.29) is 29.1 Å². The Labute approximate surface area is 295 Å². The Hall–Kier alpha value is -4.40. The number of ether oxygens (including phenoxy) is 4. The van der Waals surface area contributed by atoms with Crippen molar-refractivity contribution < 1.29 is 63.0 Å². The minimum absolute atomic E-state index is 0.0119. The molecule has 3 aliphatic heterocycles. The zero-order valence-corrected chi connectivity index (χ0v) is 29.8. The Bertz CT molecular complexity index is 1750. The van der Waals surface area contributed by atoms with Crippen molar-refractivity contribution in [2.24, 2.45) is 35.5 Å². The molecule has 14 heteroatoms. The van der Waals surface area contributed by atoms with E-state index in [1.54, 1.807) is 20.8 Å². The summed E-state index contributed by atoms with van der Waals surface area (Å²) in [4.78, 5) is 79.7. The number of carbonyl (C=O) groups is 6. The van der Waals surface area contributed by atoms with Crippen molar-refractivity contribution in [2.45, 2.75) is 91.5 Å². The van der Waals surface area contributed by atoms with Gasteiger partial charge < -0.3 is 39.6 Å². The zero-order valence-electron chi connectivity index (χ0n) is 29.8. The van der Waals surface area contributed by atoms with Crippen LogP contribution < -0.4 is 10.1 Å². The highest BCUT2D eigenvalue weighted by Crippen LogP contribution is 2.49.